The molecule has 0 atom stereocenters. The van der Waals surface area contributed by atoms with E-state index in [0.29, 0.717) is 12.2 Å². The van der Waals surface area contributed by atoms with Gasteiger partial charge in [0.05, 0.1) is 0 Å². The molecule has 0 spiro atoms. The van der Waals surface area contributed by atoms with E-state index in [1.54, 1.807) is 0 Å². The Balaban J connectivity index is 1.46. The van der Waals surface area contributed by atoms with Crippen molar-refractivity contribution in [2.75, 3.05) is 0 Å². The number of hydrogen-bond donors (Lipinski definition) is 0. The second-order valence-electron chi connectivity index (χ2n) is 9.33. The number of rotatable bonds is 8. The third kappa shape index (κ3) is 5.69. The molecular formula is C26H40O. The first-order valence-corrected chi connectivity index (χ1v) is 11.8. The lowest BCUT2D eigenvalue weighted by atomic mass is 9.68. The second-order valence-corrected chi connectivity index (χ2v) is 9.33. The molecule has 1 nitrogen and oxygen atoms in total. The molecule has 0 amide bonds. The second kappa shape index (κ2) is 10.4. The molecule has 2 fully saturated rings. The molecule has 1 aromatic carbocycles. The molecule has 1 heteroatoms. The lowest BCUT2D eigenvalue weighted by Gasteiger charge is -2.38. The zero-order chi connectivity index (χ0) is 19.1. The van der Waals surface area contributed by atoms with Gasteiger partial charge in [0.2, 0.25) is 0 Å². The molecule has 3 rings (SSSR count). The molecule has 1 aromatic rings. The van der Waals surface area contributed by atoms with Gasteiger partial charge in [-0.3, -0.25) is 4.79 Å². The summed E-state index contributed by atoms with van der Waals surface area (Å²) in [5.74, 6) is 4.06. The first-order chi connectivity index (χ1) is 13.2. The maximum Gasteiger partial charge on any atom is 0.162 e. The molecule has 0 aliphatic heterocycles. The largest absolute Gasteiger partial charge is 0.294 e. The van der Waals surface area contributed by atoms with Crippen LogP contribution in [0.15, 0.2) is 24.3 Å². The number of hydrogen-bond acceptors (Lipinski definition) is 1. The summed E-state index contributed by atoms with van der Waals surface area (Å²) in [6, 6.07) is 8.63. The normalized spacial score (nSPS) is 28.8. The molecule has 0 aromatic heterocycles. The van der Waals surface area contributed by atoms with Crippen LogP contribution >= 0.6 is 0 Å². The Morgan fingerprint density at radius 3 is 1.96 bits per heavy atom. The van der Waals surface area contributed by atoms with Crippen LogP contribution in [-0.2, 0) is 0 Å². The summed E-state index contributed by atoms with van der Waals surface area (Å²) in [7, 11) is 0. The summed E-state index contributed by atoms with van der Waals surface area (Å²) in [6.07, 6.45) is 17.1. The van der Waals surface area contributed by atoms with Crippen LogP contribution in [0.1, 0.15) is 119 Å². The van der Waals surface area contributed by atoms with Crippen molar-refractivity contribution in [2.24, 2.45) is 17.8 Å². The van der Waals surface area contributed by atoms with Crippen molar-refractivity contribution in [1.29, 1.82) is 0 Å². The lowest BCUT2D eigenvalue weighted by Crippen LogP contribution is -2.25. The smallest absolute Gasteiger partial charge is 0.162 e. The summed E-state index contributed by atoms with van der Waals surface area (Å²) >= 11 is 0. The Morgan fingerprint density at radius 2 is 1.41 bits per heavy atom. The standard InChI is InChI=1S/C26H40O/c1-3-5-7-26(27)25-18-16-24(17-19-25)23-14-12-22(13-15-23)21-10-8-20(6-4-2)9-11-21/h16-23H,3-15H2,1-2H3. The fourth-order valence-electron chi connectivity index (χ4n) is 5.70. The van der Waals surface area contributed by atoms with Crippen molar-refractivity contribution in [3.8, 4) is 0 Å². The predicted molar refractivity (Wildman–Crippen MR) is 115 cm³/mol. The van der Waals surface area contributed by atoms with Crippen molar-refractivity contribution < 1.29 is 4.79 Å². The molecule has 2 aliphatic rings. The molecule has 2 aliphatic carbocycles. The van der Waals surface area contributed by atoms with Crippen LogP contribution in [0.3, 0.4) is 0 Å². The Bertz CT molecular complexity index is 556. The van der Waals surface area contributed by atoms with Crippen molar-refractivity contribution in [3.63, 3.8) is 0 Å². The monoisotopic (exact) mass is 368 g/mol. The average molecular weight is 369 g/mol. The van der Waals surface area contributed by atoms with Gasteiger partial charge in [-0.05, 0) is 74.2 Å². The molecule has 0 unspecified atom stereocenters. The maximum absolute atomic E-state index is 12.2. The summed E-state index contributed by atoms with van der Waals surface area (Å²) in [6.45, 7) is 4.48. The summed E-state index contributed by atoms with van der Waals surface area (Å²) in [4.78, 5) is 12.2. The highest BCUT2D eigenvalue weighted by atomic mass is 16.1. The van der Waals surface area contributed by atoms with E-state index in [9.17, 15) is 4.79 Å². The summed E-state index contributed by atoms with van der Waals surface area (Å²) in [5.41, 5.74) is 2.37. The maximum atomic E-state index is 12.2. The highest BCUT2D eigenvalue weighted by Gasteiger charge is 2.31. The SMILES string of the molecule is CCCCC(=O)c1ccc(C2CCC(C3CCC(CCC)CC3)CC2)cc1. The molecular weight excluding hydrogens is 328 g/mol. The molecule has 0 N–H and O–H groups in total. The minimum Gasteiger partial charge on any atom is -0.294 e. The first-order valence-electron chi connectivity index (χ1n) is 11.8. The third-order valence-corrected chi connectivity index (χ3v) is 7.49. The van der Waals surface area contributed by atoms with E-state index in [1.807, 2.05) is 0 Å². The van der Waals surface area contributed by atoms with E-state index in [0.717, 1.165) is 42.1 Å². The quantitative estimate of drug-likeness (QED) is 0.426. The highest BCUT2D eigenvalue weighted by Crippen LogP contribution is 2.44. The van der Waals surface area contributed by atoms with Gasteiger partial charge in [0.15, 0.2) is 5.78 Å². The molecule has 2 saturated carbocycles. The number of unbranched alkanes of at least 4 members (excludes halogenated alkanes) is 1. The Kier molecular flexibility index (Phi) is 7.97. The van der Waals surface area contributed by atoms with Crippen molar-refractivity contribution in [2.45, 2.75) is 103 Å². The van der Waals surface area contributed by atoms with E-state index in [1.165, 1.54) is 69.8 Å². The number of ketones is 1. The van der Waals surface area contributed by atoms with Gasteiger partial charge in [-0.25, -0.2) is 0 Å². The molecule has 0 heterocycles. The lowest BCUT2D eigenvalue weighted by molar-refractivity contribution is 0.0979. The number of carbonyl (C=O) groups is 1. The molecule has 0 saturated heterocycles. The highest BCUT2D eigenvalue weighted by molar-refractivity contribution is 5.96. The Labute approximate surface area is 167 Å². The van der Waals surface area contributed by atoms with E-state index in [-0.39, 0.29) is 0 Å². The fraction of sp³-hybridized carbons (Fsp3) is 0.731. The molecule has 0 radical (unpaired) electrons. The van der Waals surface area contributed by atoms with Crippen LogP contribution in [-0.4, -0.2) is 5.78 Å². The van der Waals surface area contributed by atoms with E-state index < -0.39 is 0 Å². The molecule has 27 heavy (non-hydrogen) atoms. The van der Waals surface area contributed by atoms with Crippen molar-refractivity contribution in [3.05, 3.63) is 35.4 Å². The average Bonchev–Trinajstić information content (AvgIpc) is 2.73. The van der Waals surface area contributed by atoms with Crippen LogP contribution in [0.25, 0.3) is 0 Å². The van der Waals surface area contributed by atoms with E-state index in [4.69, 9.17) is 0 Å². The molecule has 150 valence electrons. The fourth-order valence-corrected chi connectivity index (χ4v) is 5.70. The van der Waals surface area contributed by atoms with E-state index in [2.05, 4.69) is 38.1 Å². The van der Waals surface area contributed by atoms with Gasteiger partial charge in [-0.15, -0.1) is 0 Å². The van der Waals surface area contributed by atoms with Crippen molar-refractivity contribution >= 4 is 5.78 Å². The van der Waals surface area contributed by atoms with E-state index >= 15 is 0 Å². The number of Topliss-reactive ketones (excluding diaryl/α,β-unsaturated/α-hetero) is 1. The van der Waals surface area contributed by atoms with Gasteiger partial charge < -0.3 is 0 Å². The Morgan fingerprint density at radius 1 is 0.815 bits per heavy atom. The van der Waals surface area contributed by atoms with Crippen molar-refractivity contribution in [1.82, 2.24) is 0 Å². The third-order valence-electron chi connectivity index (χ3n) is 7.49. The summed E-state index contributed by atoms with van der Waals surface area (Å²) in [5, 5.41) is 0. The van der Waals surface area contributed by atoms with Gasteiger partial charge in [-0.2, -0.15) is 0 Å². The van der Waals surface area contributed by atoms with Gasteiger partial charge in [0, 0.05) is 12.0 Å². The Hall–Kier alpha value is -1.11. The van der Waals surface area contributed by atoms with Gasteiger partial charge in [0.25, 0.3) is 0 Å². The first kappa shape index (κ1) is 20.6. The van der Waals surface area contributed by atoms with Crippen LogP contribution in [0.5, 0.6) is 0 Å². The summed E-state index contributed by atoms with van der Waals surface area (Å²) < 4.78 is 0. The number of benzene rings is 1. The van der Waals surface area contributed by atoms with Crippen LogP contribution < -0.4 is 0 Å². The zero-order valence-electron chi connectivity index (χ0n) is 17.7. The zero-order valence-corrected chi connectivity index (χ0v) is 17.7. The minimum atomic E-state index is 0.311. The van der Waals surface area contributed by atoms with Gasteiger partial charge >= 0.3 is 0 Å². The van der Waals surface area contributed by atoms with Crippen LogP contribution in [0, 0.1) is 17.8 Å². The van der Waals surface area contributed by atoms with Gasteiger partial charge in [0.1, 0.15) is 0 Å². The minimum absolute atomic E-state index is 0.311. The van der Waals surface area contributed by atoms with Crippen LogP contribution in [0.4, 0.5) is 0 Å². The number of carbonyl (C=O) groups excluding carboxylic acids is 1. The van der Waals surface area contributed by atoms with Gasteiger partial charge in [-0.1, -0.05) is 70.2 Å². The van der Waals surface area contributed by atoms with Crippen LogP contribution in [0.2, 0.25) is 0 Å². The predicted octanol–water partition coefficient (Wildman–Crippen LogP) is 7.94. The topological polar surface area (TPSA) is 17.1 Å². The molecule has 0 bridgehead atoms.